The molecule has 2 aromatic heterocycles. The van der Waals surface area contributed by atoms with Crippen molar-refractivity contribution in [2.75, 3.05) is 20.1 Å². The SMILES string of the molecule is CC.CC(C)C1CCCN(C)C1.CCCc1ccc(-c2nc(CO)c(C)n2-c2cc(Cl)c3nn(C)c(F)c3c2)cc1F. The number of fused-ring (bicyclic) bond motifs is 1. The minimum atomic E-state index is -0.509. The zero-order chi connectivity index (χ0) is 31.1. The summed E-state index contributed by atoms with van der Waals surface area (Å²) in [6.45, 7) is 14.8. The van der Waals surface area contributed by atoms with E-state index in [-0.39, 0.29) is 22.8 Å². The van der Waals surface area contributed by atoms with Crippen LogP contribution < -0.4 is 0 Å². The summed E-state index contributed by atoms with van der Waals surface area (Å²) in [6, 6.07) is 8.29. The molecule has 0 saturated carbocycles. The number of hydrogen-bond acceptors (Lipinski definition) is 4. The predicted octanol–water partition coefficient (Wildman–Crippen LogP) is 8.12. The lowest BCUT2D eigenvalue weighted by Gasteiger charge is -2.31. The number of hydrogen-bond donors (Lipinski definition) is 1. The number of benzene rings is 2. The number of piperidine rings is 1. The largest absolute Gasteiger partial charge is 0.390 e. The molecule has 3 heterocycles. The standard InChI is InChI=1S/C22H21ClF2N4O.C9H19N.C2H6/c1-4-5-13-6-7-14(8-18(13)24)22-26-19(11-30)12(2)29(22)15-9-16-20(17(23)10-15)27-28(3)21(16)25;1-8(2)9-5-4-6-10(3)7-9;1-2/h6-10,30H,4-5,11H2,1-3H3;8-9H,4-7H2,1-3H3;1-2H3. The first-order chi connectivity index (χ1) is 20.0. The van der Waals surface area contributed by atoms with Gasteiger partial charge < -0.3 is 10.0 Å². The molecule has 230 valence electrons. The van der Waals surface area contributed by atoms with Gasteiger partial charge in [-0.1, -0.05) is 64.8 Å². The molecule has 1 saturated heterocycles. The smallest absolute Gasteiger partial charge is 0.219 e. The van der Waals surface area contributed by atoms with Crippen molar-refractivity contribution < 1.29 is 13.9 Å². The third-order valence-corrected chi connectivity index (χ3v) is 8.14. The quantitative estimate of drug-likeness (QED) is 0.242. The van der Waals surface area contributed by atoms with Crippen molar-refractivity contribution in [3.05, 3.63) is 64.1 Å². The van der Waals surface area contributed by atoms with Crippen LogP contribution in [0.1, 0.15) is 70.8 Å². The number of aliphatic hydroxyl groups is 1. The highest BCUT2D eigenvalue weighted by Gasteiger charge is 2.21. The van der Waals surface area contributed by atoms with Gasteiger partial charge in [0.2, 0.25) is 5.95 Å². The van der Waals surface area contributed by atoms with E-state index >= 15 is 0 Å². The van der Waals surface area contributed by atoms with Gasteiger partial charge in [-0.2, -0.15) is 9.49 Å². The van der Waals surface area contributed by atoms with Crippen LogP contribution in [0.4, 0.5) is 8.78 Å². The van der Waals surface area contributed by atoms with E-state index in [4.69, 9.17) is 11.6 Å². The van der Waals surface area contributed by atoms with E-state index in [2.05, 4.69) is 35.9 Å². The molecule has 1 fully saturated rings. The second-order valence-electron chi connectivity index (χ2n) is 11.2. The van der Waals surface area contributed by atoms with Crippen LogP contribution in [0, 0.1) is 30.5 Å². The van der Waals surface area contributed by atoms with E-state index in [0.29, 0.717) is 46.0 Å². The molecule has 6 nitrogen and oxygen atoms in total. The van der Waals surface area contributed by atoms with E-state index in [9.17, 15) is 13.9 Å². The fourth-order valence-corrected chi connectivity index (χ4v) is 5.71. The van der Waals surface area contributed by atoms with Gasteiger partial charge in [0, 0.05) is 30.5 Å². The molecule has 9 heteroatoms. The lowest BCUT2D eigenvalue weighted by Crippen LogP contribution is -2.34. The van der Waals surface area contributed by atoms with Gasteiger partial charge in [0.1, 0.15) is 17.2 Å². The Balaban J connectivity index is 0.000000340. The molecule has 0 aliphatic carbocycles. The van der Waals surface area contributed by atoms with Crippen LogP contribution in [0.5, 0.6) is 0 Å². The molecule has 1 atom stereocenters. The Bertz CT molecular complexity index is 1480. The van der Waals surface area contributed by atoms with E-state index in [1.165, 1.54) is 39.0 Å². The molecule has 0 bridgehead atoms. The Morgan fingerprint density at radius 1 is 1.12 bits per heavy atom. The summed E-state index contributed by atoms with van der Waals surface area (Å²) in [4.78, 5) is 6.97. The fraction of sp³-hybridized carbons (Fsp3) is 0.515. The molecule has 1 aliphatic rings. The van der Waals surface area contributed by atoms with Crippen LogP contribution in [0.25, 0.3) is 28.0 Å². The summed E-state index contributed by atoms with van der Waals surface area (Å²) in [5, 5.41) is 14.4. The molecular formula is C33H46ClF2N5O. The molecule has 1 aliphatic heterocycles. The molecule has 2 aromatic carbocycles. The number of aliphatic hydroxyl groups excluding tert-OH is 1. The average molecular weight is 602 g/mol. The van der Waals surface area contributed by atoms with Crippen LogP contribution in [0.2, 0.25) is 5.02 Å². The molecule has 1 N–H and O–H groups in total. The Labute approximate surface area is 254 Å². The van der Waals surface area contributed by atoms with E-state index in [0.717, 1.165) is 22.9 Å². The molecule has 1 unspecified atom stereocenters. The number of rotatable bonds is 6. The topological polar surface area (TPSA) is 59.1 Å². The first kappa shape index (κ1) is 33.7. The molecule has 0 amide bonds. The molecule has 0 spiro atoms. The Morgan fingerprint density at radius 3 is 2.40 bits per heavy atom. The van der Waals surface area contributed by atoms with Crippen molar-refractivity contribution in [1.82, 2.24) is 24.2 Å². The number of imidazole rings is 1. The summed E-state index contributed by atoms with van der Waals surface area (Å²) in [7, 11) is 3.73. The monoisotopic (exact) mass is 601 g/mol. The maximum Gasteiger partial charge on any atom is 0.219 e. The molecular weight excluding hydrogens is 556 g/mol. The van der Waals surface area contributed by atoms with Crippen LogP contribution >= 0.6 is 11.6 Å². The lowest BCUT2D eigenvalue weighted by molar-refractivity contribution is 0.173. The highest BCUT2D eigenvalue weighted by molar-refractivity contribution is 6.35. The Kier molecular flexibility index (Phi) is 12.1. The van der Waals surface area contributed by atoms with Crippen molar-refractivity contribution in [2.45, 2.75) is 73.8 Å². The third-order valence-electron chi connectivity index (χ3n) is 7.85. The highest BCUT2D eigenvalue weighted by atomic mass is 35.5. The zero-order valence-corrected chi connectivity index (χ0v) is 27.1. The van der Waals surface area contributed by atoms with Crippen molar-refractivity contribution >= 4 is 22.5 Å². The van der Waals surface area contributed by atoms with Crippen molar-refractivity contribution in [3.8, 4) is 17.1 Å². The maximum absolute atomic E-state index is 14.6. The molecule has 5 rings (SSSR count). The number of aromatic nitrogens is 4. The van der Waals surface area contributed by atoms with E-state index in [1.54, 1.807) is 35.8 Å². The summed E-state index contributed by atoms with van der Waals surface area (Å²) in [6.07, 6.45) is 4.34. The summed E-state index contributed by atoms with van der Waals surface area (Å²) in [5.74, 6) is 1.46. The van der Waals surface area contributed by atoms with Crippen LogP contribution in [-0.2, 0) is 20.1 Å². The van der Waals surface area contributed by atoms with Gasteiger partial charge in [-0.05, 0) is 75.4 Å². The minimum absolute atomic E-state index is 0.272. The normalized spacial score (nSPS) is 15.4. The second kappa shape index (κ2) is 15.1. The van der Waals surface area contributed by atoms with E-state index < -0.39 is 5.95 Å². The maximum atomic E-state index is 14.6. The van der Waals surface area contributed by atoms with Gasteiger partial charge in [0.25, 0.3) is 0 Å². The first-order valence-corrected chi connectivity index (χ1v) is 15.4. The number of likely N-dealkylation sites (tertiary alicyclic amines) is 1. The third kappa shape index (κ3) is 7.39. The summed E-state index contributed by atoms with van der Waals surface area (Å²) in [5.41, 5.74) is 3.21. The summed E-state index contributed by atoms with van der Waals surface area (Å²) >= 11 is 6.38. The Morgan fingerprint density at radius 2 is 1.83 bits per heavy atom. The van der Waals surface area contributed by atoms with Gasteiger partial charge in [-0.3, -0.25) is 4.57 Å². The van der Waals surface area contributed by atoms with Gasteiger partial charge in [0.05, 0.1) is 22.7 Å². The predicted molar refractivity (Wildman–Crippen MR) is 169 cm³/mol. The highest BCUT2D eigenvalue weighted by Crippen LogP contribution is 2.33. The lowest BCUT2D eigenvalue weighted by atomic mass is 9.88. The fourth-order valence-electron chi connectivity index (χ4n) is 5.46. The number of halogens is 3. The summed E-state index contributed by atoms with van der Waals surface area (Å²) < 4.78 is 32.0. The Hall–Kier alpha value is -2.81. The van der Waals surface area contributed by atoms with Gasteiger partial charge >= 0.3 is 0 Å². The van der Waals surface area contributed by atoms with Gasteiger partial charge in [0.15, 0.2) is 0 Å². The van der Waals surface area contributed by atoms with Crippen LogP contribution in [-0.4, -0.2) is 49.5 Å². The van der Waals surface area contributed by atoms with Gasteiger partial charge in [-0.25, -0.2) is 14.1 Å². The average Bonchev–Trinajstić information content (AvgIpc) is 3.46. The number of aryl methyl sites for hydroxylation is 2. The minimum Gasteiger partial charge on any atom is -0.390 e. The first-order valence-electron chi connectivity index (χ1n) is 15.0. The van der Waals surface area contributed by atoms with Gasteiger partial charge in [-0.15, -0.1) is 0 Å². The van der Waals surface area contributed by atoms with Crippen molar-refractivity contribution in [3.63, 3.8) is 0 Å². The van der Waals surface area contributed by atoms with Crippen LogP contribution in [0.15, 0.2) is 30.3 Å². The molecule has 4 aromatic rings. The van der Waals surface area contributed by atoms with Crippen LogP contribution in [0.3, 0.4) is 0 Å². The zero-order valence-electron chi connectivity index (χ0n) is 26.3. The second-order valence-corrected chi connectivity index (χ2v) is 11.6. The number of nitrogens with zero attached hydrogens (tertiary/aromatic N) is 5. The molecule has 0 radical (unpaired) electrons. The van der Waals surface area contributed by atoms with Crippen molar-refractivity contribution in [2.24, 2.45) is 18.9 Å². The van der Waals surface area contributed by atoms with Crippen molar-refractivity contribution in [1.29, 1.82) is 0 Å². The molecule has 42 heavy (non-hydrogen) atoms. The van der Waals surface area contributed by atoms with E-state index in [1.807, 2.05) is 20.8 Å².